The molecule has 0 saturated carbocycles. The van der Waals surface area contributed by atoms with Gasteiger partial charge in [0.15, 0.2) is 0 Å². The molecule has 0 fully saturated rings. The number of hydrogen-bond donors (Lipinski definition) is 1. The molecular weight excluding hydrogens is 415 g/mol. The summed E-state index contributed by atoms with van der Waals surface area (Å²) in [7, 11) is 0. The third-order valence-electron chi connectivity index (χ3n) is 3.65. The van der Waals surface area contributed by atoms with Gasteiger partial charge in [-0.25, -0.2) is 0 Å². The highest BCUT2D eigenvalue weighted by molar-refractivity contribution is 8.00. The van der Waals surface area contributed by atoms with Crippen LogP contribution in [0.4, 0.5) is 18.9 Å². The van der Waals surface area contributed by atoms with Gasteiger partial charge in [-0.05, 0) is 53.7 Å². The number of aromatic nitrogens is 4. The van der Waals surface area contributed by atoms with Gasteiger partial charge >= 0.3 is 6.18 Å². The van der Waals surface area contributed by atoms with Gasteiger partial charge in [-0.3, -0.25) is 4.79 Å². The molecule has 3 aromatic rings. The number of thioether (sulfide) groups is 1. The van der Waals surface area contributed by atoms with Crippen LogP contribution in [0.15, 0.2) is 53.7 Å². The summed E-state index contributed by atoms with van der Waals surface area (Å²) in [5, 5.41) is 13.8. The highest BCUT2D eigenvalue weighted by Gasteiger charge is 2.34. The minimum absolute atomic E-state index is 0.301. The lowest BCUT2D eigenvalue weighted by atomic mass is 10.1. The Kier molecular flexibility index (Phi) is 5.90. The fourth-order valence-corrected chi connectivity index (χ4v) is 3.22. The van der Waals surface area contributed by atoms with Crippen molar-refractivity contribution in [2.45, 2.75) is 23.5 Å². The van der Waals surface area contributed by atoms with Crippen LogP contribution in [-0.2, 0) is 11.0 Å². The minimum atomic E-state index is -4.57. The third kappa shape index (κ3) is 4.63. The van der Waals surface area contributed by atoms with Crippen LogP contribution in [0.3, 0.4) is 0 Å². The van der Waals surface area contributed by atoms with Gasteiger partial charge in [-0.15, -0.1) is 5.10 Å². The van der Waals surface area contributed by atoms with Gasteiger partial charge in [-0.1, -0.05) is 35.5 Å². The van der Waals surface area contributed by atoms with E-state index in [9.17, 15) is 18.0 Å². The summed E-state index contributed by atoms with van der Waals surface area (Å²) in [5.41, 5.74) is -0.580. The minimum Gasteiger partial charge on any atom is -0.325 e. The van der Waals surface area contributed by atoms with Crippen molar-refractivity contribution in [2.24, 2.45) is 0 Å². The molecule has 0 spiro atoms. The second-order valence-corrected chi connectivity index (χ2v) is 7.39. The van der Waals surface area contributed by atoms with E-state index in [0.29, 0.717) is 15.9 Å². The van der Waals surface area contributed by atoms with E-state index in [2.05, 4.69) is 20.8 Å². The van der Waals surface area contributed by atoms with Crippen LogP contribution in [0.25, 0.3) is 5.69 Å². The molecule has 28 heavy (non-hydrogen) atoms. The fourth-order valence-electron chi connectivity index (χ4n) is 2.28. The predicted octanol–water partition coefficient (Wildman–Crippen LogP) is 4.45. The number of nitrogens with one attached hydrogen (secondary N) is 1. The van der Waals surface area contributed by atoms with Crippen molar-refractivity contribution in [2.75, 3.05) is 5.32 Å². The average molecular weight is 428 g/mol. The van der Waals surface area contributed by atoms with Crippen molar-refractivity contribution >= 4 is 35.0 Å². The van der Waals surface area contributed by atoms with Crippen molar-refractivity contribution in [1.29, 1.82) is 0 Å². The monoisotopic (exact) mass is 427 g/mol. The molecule has 1 atom stereocenters. The van der Waals surface area contributed by atoms with E-state index in [0.717, 1.165) is 17.8 Å². The number of hydrogen-bond acceptors (Lipinski definition) is 5. The Bertz CT molecular complexity index is 977. The standard InChI is InChI=1S/C17H13ClF3N5OS/c1-10(15(27)22-14-5-3-2-4-13(14)17(19,20)21)28-16-23-24-25-26(16)12-8-6-11(18)7-9-12/h2-10H,1H3,(H,22,27)/t10-/m1/s1. The van der Waals surface area contributed by atoms with Crippen molar-refractivity contribution in [3.63, 3.8) is 0 Å². The normalized spacial score (nSPS) is 12.6. The summed E-state index contributed by atoms with van der Waals surface area (Å²) in [4.78, 5) is 12.4. The van der Waals surface area contributed by atoms with Crippen LogP contribution in [0.2, 0.25) is 5.02 Å². The van der Waals surface area contributed by atoms with E-state index in [-0.39, 0.29) is 5.69 Å². The maximum absolute atomic E-state index is 13.1. The van der Waals surface area contributed by atoms with Gasteiger partial charge in [0, 0.05) is 5.02 Å². The molecule has 2 aromatic carbocycles. The highest BCUT2D eigenvalue weighted by atomic mass is 35.5. The molecule has 0 bridgehead atoms. The predicted molar refractivity (Wildman–Crippen MR) is 99.6 cm³/mol. The summed E-state index contributed by atoms with van der Waals surface area (Å²) in [6.07, 6.45) is -4.57. The molecule has 1 heterocycles. The molecule has 0 aliphatic carbocycles. The number of anilines is 1. The van der Waals surface area contributed by atoms with Crippen molar-refractivity contribution < 1.29 is 18.0 Å². The molecule has 1 N–H and O–H groups in total. The number of rotatable bonds is 5. The van der Waals surface area contributed by atoms with Gasteiger partial charge < -0.3 is 5.32 Å². The molecule has 11 heteroatoms. The largest absolute Gasteiger partial charge is 0.418 e. The molecular formula is C17H13ClF3N5OS. The molecule has 3 rings (SSSR count). The lowest BCUT2D eigenvalue weighted by Gasteiger charge is -2.16. The lowest BCUT2D eigenvalue weighted by Crippen LogP contribution is -2.24. The Hall–Kier alpha value is -2.59. The van der Waals surface area contributed by atoms with Crippen LogP contribution in [0.5, 0.6) is 0 Å². The maximum atomic E-state index is 13.1. The summed E-state index contributed by atoms with van der Waals surface area (Å²) in [6, 6.07) is 11.5. The molecule has 146 valence electrons. The van der Waals surface area contributed by atoms with Crippen LogP contribution in [0, 0.1) is 0 Å². The Morgan fingerprint density at radius 1 is 1.18 bits per heavy atom. The molecule has 6 nitrogen and oxygen atoms in total. The van der Waals surface area contributed by atoms with Crippen molar-refractivity contribution in [3.05, 3.63) is 59.1 Å². The SMILES string of the molecule is C[C@@H](Sc1nnnn1-c1ccc(Cl)cc1)C(=O)Nc1ccccc1C(F)(F)F. The topological polar surface area (TPSA) is 72.7 Å². The van der Waals surface area contributed by atoms with Crippen LogP contribution < -0.4 is 5.32 Å². The van der Waals surface area contributed by atoms with E-state index in [1.807, 2.05) is 0 Å². The average Bonchev–Trinajstić information content (AvgIpc) is 3.10. The van der Waals surface area contributed by atoms with Gasteiger partial charge in [0.25, 0.3) is 0 Å². The fraction of sp³-hybridized carbons (Fsp3) is 0.176. The second-order valence-electron chi connectivity index (χ2n) is 5.64. The first-order valence-corrected chi connectivity index (χ1v) is 9.19. The lowest BCUT2D eigenvalue weighted by molar-refractivity contribution is -0.137. The Morgan fingerprint density at radius 3 is 2.54 bits per heavy atom. The highest BCUT2D eigenvalue weighted by Crippen LogP contribution is 2.35. The van der Waals surface area contributed by atoms with E-state index in [4.69, 9.17) is 11.6 Å². The van der Waals surface area contributed by atoms with Crippen LogP contribution in [-0.4, -0.2) is 31.4 Å². The van der Waals surface area contributed by atoms with E-state index < -0.39 is 22.9 Å². The first-order valence-electron chi connectivity index (χ1n) is 7.94. The number of nitrogens with zero attached hydrogens (tertiary/aromatic N) is 4. The zero-order valence-electron chi connectivity index (χ0n) is 14.3. The number of benzene rings is 2. The number of amides is 1. The van der Waals surface area contributed by atoms with E-state index >= 15 is 0 Å². The smallest absolute Gasteiger partial charge is 0.325 e. The van der Waals surface area contributed by atoms with E-state index in [1.165, 1.54) is 22.9 Å². The molecule has 0 radical (unpaired) electrons. The number of carbonyl (C=O) groups is 1. The van der Waals surface area contributed by atoms with Gasteiger partial charge in [0.05, 0.1) is 22.2 Å². The van der Waals surface area contributed by atoms with Gasteiger partial charge in [-0.2, -0.15) is 17.9 Å². The Morgan fingerprint density at radius 2 is 1.86 bits per heavy atom. The van der Waals surface area contributed by atoms with Gasteiger partial charge in [0.1, 0.15) is 0 Å². The zero-order valence-corrected chi connectivity index (χ0v) is 15.9. The molecule has 0 aliphatic heterocycles. The molecule has 0 unspecified atom stereocenters. The number of alkyl halides is 3. The van der Waals surface area contributed by atoms with Gasteiger partial charge in [0.2, 0.25) is 11.1 Å². The number of halogens is 4. The third-order valence-corrected chi connectivity index (χ3v) is 4.94. The molecule has 1 aromatic heterocycles. The summed E-state index contributed by atoms with van der Waals surface area (Å²) in [5.74, 6) is -0.604. The maximum Gasteiger partial charge on any atom is 0.418 e. The summed E-state index contributed by atoms with van der Waals surface area (Å²) in [6.45, 7) is 1.55. The van der Waals surface area contributed by atoms with Crippen molar-refractivity contribution in [3.8, 4) is 5.69 Å². The second kappa shape index (κ2) is 8.19. The van der Waals surface area contributed by atoms with Crippen LogP contribution in [0.1, 0.15) is 12.5 Å². The number of carbonyl (C=O) groups excluding carboxylic acids is 1. The molecule has 1 amide bonds. The zero-order chi connectivity index (χ0) is 20.3. The number of para-hydroxylation sites is 1. The van der Waals surface area contributed by atoms with Crippen LogP contribution >= 0.6 is 23.4 Å². The Balaban J connectivity index is 1.75. The van der Waals surface area contributed by atoms with Crippen molar-refractivity contribution in [1.82, 2.24) is 20.2 Å². The quantitative estimate of drug-likeness (QED) is 0.609. The summed E-state index contributed by atoms with van der Waals surface area (Å²) < 4.78 is 40.6. The molecule has 0 aliphatic rings. The summed E-state index contributed by atoms with van der Waals surface area (Å²) >= 11 is 6.88. The molecule has 0 saturated heterocycles. The number of tetrazole rings is 1. The first kappa shape index (κ1) is 20.2. The van der Waals surface area contributed by atoms with E-state index in [1.54, 1.807) is 31.2 Å². The Labute approximate surface area is 167 Å². The first-order chi connectivity index (χ1) is 13.3.